The maximum atomic E-state index is 13.6. The first-order valence-corrected chi connectivity index (χ1v) is 14.1. The first-order valence-electron chi connectivity index (χ1n) is 12.7. The molecule has 38 heavy (non-hydrogen) atoms. The number of hydrogen-bond acceptors (Lipinski definition) is 7. The molecule has 1 heterocycles. The van der Waals surface area contributed by atoms with Crippen molar-refractivity contribution in [2.45, 2.75) is 56.8 Å². The third-order valence-corrected chi connectivity index (χ3v) is 7.85. The fourth-order valence-electron chi connectivity index (χ4n) is 4.17. The second-order valence-electron chi connectivity index (χ2n) is 9.82. The molecule has 0 aromatic heterocycles. The van der Waals surface area contributed by atoms with Crippen LogP contribution in [0.4, 0.5) is 10.5 Å². The van der Waals surface area contributed by atoms with Crippen molar-refractivity contribution in [1.29, 1.82) is 0 Å². The Labute approximate surface area is 224 Å². The Morgan fingerprint density at radius 2 is 1.79 bits per heavy atom. The Morgan fingerprint density at radius 3 is 2.37 bits per heavy atom. The minimum absolute atomic E-state index is 0.0245. The average Bonchev–Trinajstić information content (AvgIpc) is 3.36. The molecule has 2 aromatic carbocycles. The molecule has 1 fully saturated rings. The van der Waals surface area contributed by atoms with E-state index in [1.54, 1.807) is 0 Å². The zero-order valence-corrected chi connectivity index (χ0v) is 22.8. The number of anilines is 1. The fourth-order valence-corrected chi connectivity index (χ4v) is 5.79. The number of aliphatic hydroxyl groups excluding tert-OH is 1. The van der Waals surface area contributed by atoms with Crippen molar-refractivity contribution in [2.75, 3.05) is 31.6 Å². The number of hydrogen-bond donors (Lipinski definition) is 3. The molecule has 2 amide bonds. The summed E-state index contributed by atoms with van der Waals surface area (Å²) in [4.78, 5) is 24.0. The number of benzene rings is 2. The van der Waals surface area contributed by atoms with Crippen LogP contribution < -0.4 is 10.6 Å². The van der Waals surface area contributed by atoms with Crippen LogP contribution in [0.3, 0.4) is 0 Å². The summed E-state index contributed by atoms with van der Waals surface area (Å²) >= 11 is 0. The minimum Gasteiger partial charge on any atom is -0.444 e. The number of ether oxygens (including phenoxy) is 2. The van der Waals surface area contributed by atoms with Gasteiger partial charge in [0.1, 0.15) is 6.10 Å². The van der Waals surface area contributed by atoms with Gasteiger partial charge in [0.25, 0.3) is 0 Å². The van der Waals surface area contributed by atoms with Gasteiger partial charge in [0.05, 0.1) is 30.3 Å². The van der Waals surface area contributed by atoms with Gasteiger partial charge in [-0.3, -0.25) is 4.79 Å². The molecule has 1 aliphatic heterocycles. The van der Waals surface area contributed by atoms with Gasteiger partial charge in [-0.25, -0.2) is 13.2 Å². The highest BCUT2D eigenvalue weighted by atomic mass is 32.2. The molecule has 0 spiro atoms. The van der Waals surface area contributed by atoms with E-state index in [-0.39, 0.29) is 42.3 Å². The van der Waals surface area contributed by atoms with Crippen molar-refractivity contribution in [3.63, 3.8) is 0 Å². The predicted octanol–water partition coefficient (Wildman–Crippen LogP) is 2.78. The number of carbonyl (C=O) groups is 2. The van der Waals surface area contributed by atoms with Gasteiger partial charge < -0.3 is 25.2 Å². The SMILES string of the molecule is CC(=O)Nc1ccc(S(=O)(=O)N(CC(C)C)CC(O)C(Cc2ccccc2)NC(=O)OC2CCOC2)cc1. The van der Waals surface area contributed by atoms with Gasteiger partial charge in [-0.15, -0.1) is 0 Å². The van der Waals surface area contributed by atoms with Crippen molar-refractivity contribution < 1.29 is 32.6 Å². The highest BCUT2D eigenvalue weighted by molar-refractivity contribution is 7.89. The van der Waals surface area contributed by atoms with Crippen molar-refractivity contribution in [3.8, 4) is 0 Å². The lowest BCUT2D eigenvalue weighted by Crippen LogP contribution is -2.51. The Kier molecular flexibility index (Phi) is 10.7. The molecule has 0 bridgehead atoms. The molecule has 0 saturated carbocycles. The number of nitrogens with one attached hydrogen (secondary N) is 2. The monoisotopic (exact) mass is 547 g/mol. The minimum atomic E-state index is -3.99. The fraction of sp³-hybridized carbons (Fsp3) is 0.481. The molecule has 0 radical (unpaired) electrons. The quantitative estimate of drug-likeness (QED) is 0.372. The van der Waals surface area contributed by atoms with Crippen LogP contribution in [0.2, 0.25) is 0 Å². The molecule has 3 rings (SSSR count). The van der Waals surface area contributed by atoms with Crippen LogP contribution in [0.1, 0.15) is 32.8 Å². The zero-order valence-electron chi connectivity index (χ0n) is 22.0. The number of sulfonamides is 1. The second-order valence-corrected chi connectivity index (χ2v) is 11.8. The van der Waals surface area contributed by atoms with Crippen LogP contribution in [0.25, 0.3) is 0 Å². The lowest BCUT2D eigenvalue weighted by Gasteiger charge is -2.30. The lowest BCUT2D eigenvalue weighted by molar-refractivity contribution is -0.114. The first kappa shape index (κ1) is 29.6. The van der Waals surface area contributed by atoms with Crippen LogP contribution in [-0.4, -0.2) is 74.4 Å². The van der Waals surface area contributed by atoms with Crippen LogP contribution in [0.15, 0.2) is 59.5 Å². The molecule has 1 aliphatic rings. The molecule has 11 heteroatoms. The van der Waals surface area contributed by atoms with E-state index in [0.717, 1.165) is 5.56 Å². The Hall–Kier alpha value is -2.99. The molecule has 1 saturated heterocycles. The van der Waals surface area contributed by atoms with Crippen molar-refractivity contribution in [3.05, 3.63) is 60.2 Å². The summed E-state index contributed by atoms with van der Waals surface area (Å²) in [6, 6.07) is 14.4. The molecule has 3 atom stereocenters. The average molecular weight is 548 g/mol. The third kappa shape index (κ3) is 8.80. The summed E-state index contributed by atoms with van der Waals surface area (Å²) in [6.07, 6.45) is -1.40. The van der Waals surface area contributed by atoms with Crippen LogP contribution >= 0.6 is 0 Å². The molecular weight excluding hydrogens is 510 g/mol. The van der Waals surface area contributed by atoms with Gasteiger partial charge in [-0.2, -0.15) is 4.31 Å². The molecule has 208 valence electrons. The molecule has 3 N–H and O–H groups in total. The highest BCUT2D eigenvalue weighted by Crippen LogP contribution is 2.21. The Morgan fingerprint density at radius 1 is 1.11 bits per heavy atom. The van der Waals surface area contributed by atoms with Gasteiger partial charge in [0.15, 0.2) is 0 Å². The van der Waals surface area contributed by atoms with Gasteiger partial charge in [0.2, 0.25) is 15.9 Å². The maximum Gasteiger partial charge on any atom is 0.407 e. The Balaban J connectivity index is 1.80. The van der Waals surface area contributed by atoms with Crippen LogP contribution in [-0.2, 0) is 30.7 Å². The van der Waals surface area contributed by atoms with Gasteiger partial charge in [0, 0.05) is 32.1 Å². The topological polar surface area (TPSA) is 134 Å². The largest absolute Gasteiger partial charge is 0.444 e. The second kappa shape index (κ2) is 13.7. The smallest absolute Gasteiger partial charge is 0.407 e. The summed E-state index contributed by atoms with van der Waals surface area (Å²) in [6.45, 7) is 5.90. The van der Waals surface area contributed by atoms with Gasteiger partial charge in [-0.1, -0.05) is 44.2 Å². The molecule has 0 aliphatic carbocycles. The summed E-state index contributed by atoms with van der Waals surface area (Å²) in [5.41, 5.74) is 1.35. The van der Waals surface area contributed by atoms with Gasteiger partial charge >= 0.3 is 6.09 Å². The standard InChI is InChI=1S/C27H37N3O7S/c1-19(2)16-30(38(34,35)24-11-9-22(10-12-24)28-20(3)31)17-26(32)25(15-21-7-5-4-6-8-21)29-27(33)37-23-13-14-36-18-23/h4-12,19,23,25-26,32H,13-18H2,1-3H3,(H,28,31)(H,29,33). The van der Waals surface area contributed by atoms with E-state index in [2.05, 4.69) is 10.6 Å². The summed E-state index contributed by atoms with van der Waals surface area (Å²) < 4.78 is 39.1. The zero-order chi connectivity index (χ0) is 27.7. The van der Waals surface area contributed by atoms with Crippen LogP contribution in [0, 0.1) is 5.92 Å². The van der Waals surface area contributed by atoms with Gasteiger partial charge in [-0.05, 0) is 42.2 Å². The van der Waals surface area contributed by atoms with Crippen LogP contribution in [0.5, 0.6) is 0 Å². The van der Waals surface area contributed by atoms with Crippen molar-refractivity contribution in [1.82, 2.24) is 9.62 Å². The molecule has 3 unspecified atom stereocenters. The van der Waals surface area contributed by atoms with Crippen molar-refractivity contribution >= 4 is 27.7 Å². The van der Waals surface area contributed by atoms with E-state index in [1.165, 1.54) is 35.5 Å². The number of alkyl carbamates (subject to hydrolysis) is 1. The number of aliphatic hydroxyl groups is 1. The first-order chi connectivity index (χ1) is 18.0. The third-order valence-electron chi connectivity index (χ3n) is 6.00. The van der Waals surface area contributed by atoms with Crippen molar-refractivity contribution in [2.24, 2.45) is 5.92 Å². The molecule has 10 nitrogen and oxygen atoms in total. The van der Waals surface area contributed by atoms with E-state index in [4.69, 9.17) is 9.47 Å². The summed E-state index contributed by atoms with van der Waals surface area (Å²) in [5, 5.41) is 16.6. The Bertz CT molecular complexity index is 1150. The van der Waals surface area contributed by atoms with E-state index in [0.29, 0.717) is 25.3 Å². The number of nitrogens with zero attached hydrogens (tertiary/aromatic N) is 1. The van der Waals surface area contributed by atoms with E-state index in [1.807, 2.05) is 44.2 Å². The number of amides is 2. The normalized spacial score (nSPS) is 17.3. The summed E-state index contributed by atoms with van der Waals surface area (Å²) in [5.74, 6) is -0.287. The van der Waals surface area contributed by atoms with E-state index < -0.39 is 28.3 Å². The lowest BCUT2D eigenvalue weighted by atomic mass is 10.0. The predicted molar refractivity (Wildman–Crippen MR) is 143 cm³/mol. The molecule has 2 aromatic rings. The highest BCUT2D eigenvalue weighted by Gasteiger charge is 2.32. The van der Waals surface area contributed by atoms with E-state index in [9.17, 15) is 23.1 Å². The summed E-state index contributed by atoms with van der Waals surface area (Å²) in [7, 11) is -3.99. The number of carbonyl (C=O) groups excluding carboxylic acids is 2. The molecular formula is C27H37N3O7S. The number of rotatable bonds is 12. The van der Waals surface area contributed by atoms with E-state index >= 15 is 0 Å². The maximum absolute atomic E-state index is 13.6.